The minimum absolute atomic E-state index is 0.187. The van der Waals surface area contributed by atoms with Gasteiger partial charge in [-0.05, 0) is 58.4 Å². The van der Waals surface area contributed by atoms with E-state index in [1.807, 2.05) is 43.5 Å². The fraction of sp³-hybridized carbons (Fsp3) is 0.500. The number of nitrogens with zero attached hydrogens (tertiary/aromatic N) is 2. The summed E-state index contributed by atoms with van der Waals surface area (Å²) in [6.07, 6.45) is 4.57. The van der Waals surface area contributed by atoms with Gasteiger partial charge in [-0.1, -0.05) is 30.3 Å². The fourth-order valence-electron chi connectivity index (χ4n) is 3.52. The van der Waals surface area contributed by atoms with Crippen LogP contribution in [-0.2, 0) is 19.4 Å². The molecule has 2 N–H and O–H groups in total. The lowest BCUT2D eigenvalue weighted by Gasteiger charge is -2.22. The molecule has 1 aromatic carbocycles. The molecule has 0 radical (unpaired) electrons. The Bertz CT molecular complexity index is 834. The smallest absolute Gasteiger partial charge is 0.287 e. The normalized spacial score (nSPS) is 13.7. The van der Waals surface area contributed by atoms with Gasteiger partial charge in [0.2, 0.25) is 0 Å². The molecular formula is C22H30N4O2. The van der Waals surface area contributed by atoms with Crippen LogP contribution in [0.4, 0.5) is 0 Å². The van der Waals surface area contributed by atoms with E-state index < -0.39 is 0 Å². The topological polar surface area (TPSA) is 76.0 Å². The van der Waals surface area contributed by atoms with Crippen molar-refractivity contribution in [2.24, 2.45) is 0 Å². The van der Waals surface area contributed by atoms with Crippen molar-refractivity contribution in [1.82, 2.24) is 20.2 Å². The third-order valence-corrected chi connectivity index (χ3v) is 4.80. The van der Waals surface area contributed by atoms with Gasteiger partial charge in [-0.25, -0.2) is 4.98 Å². The summed E-state index contributed by atoms with van der Waals surface area (Å²) in [4.78, 5) is 29.8. The predicted molar refractivity (Wildman–Crippen MR) is 109 cm³/mol. The number of imidazole rings is 1. The number of aryl methyl sites for hydroxylation is 1. The number of amides is 2. The molecule has 1 aliphatic heterocycles. The van der Waals surface area contributed by atoms with E-state index in [0.29, 0.717) is 18.1 Å². The van der Waals surface area contributed by atoms with Crippen molar-refractivity contribution in [2.75, 3.05) is 6.54 Å². The second kappa shape index (κ2) is 8.59. The predicted octanol–water partition coefficient (Wildman–Crippen LogP) is 3.11. The van der Waals surface area contributed by atoms with E-state index in [2.05, 4.69) is 27.8 Å². The summed E-state index contributed by atoms with van der Waals surface area (Å²) >= 11 is 0. The molecular weight excluding hydrogens is 352 g/mol. The van der Waals surface area contributed by atoms with Gasteiger partial charge in [0, 0.05) is 18.6 Å². The minimum atomic E-state index is -0.349. The zero-order chi connectivity index (χ0) is 20.1. The van der Waals surface area contributed by atoms with Crippen molar-refractivity contribution < 1.29 is 9.59 Å². The Hall–Kier alpha value is -2.63. The van der Waals surface area contributed by atoms with Crippen LogP contribution in [0.15, 0.2) is 30.3 Å². The van der Waals surface area contributed by atoms with Crippen LogP contribution in [0.25, 0.3) is 0 Å². The van der Waals surface area contributed by atoms with Gasteiger partial charge in [0.1, 0.15) is 5.69 Å². The molecule has 2 aromatic rings. The SMILES string of the molecule is CC(C)(C)NC(=O)c1nc(C(=O)NCCCc2ccccc2)c2n1CCCC2. The highest BCUT2D eigenvalue weighted by Gasteiger charge is 2.28. The van der Waals surface area contributed by atoms with E-state index in [4.69, 9.17) is 0 Å². The highest BCUT2D eigenvalue weighted by atomic mass is 16.2. The first-order valence-electron chi connectivity index (χ1n) is 10.1. The van der Waals surface area contributed by atoms with E-state index >= 15 is 0 Å². The maximum Gasteiger partial charge on any atom is 0.287 e. The Morgan fingerprint density at radius 1 is 1.11 bits per heavy atom. The molecule has 3 rings (SSSR count). The van der Waals surface area contributed by atoms with Crippen molar-refractivity contribution in [2.45, 2.75) is 65.0 Å². The fourth-order valence-corrected chi connectivity index (χ4v) is 3.52. The molecule has 0 atom stereocenters. The molecule has 0 aliphatic carbocycles. The van der Waals surface area contributed by atoms with Gasteiger partial charge in [-0.15, -0.1) is 0 Å². The highest BCUT2D eigenvalue weighted by molar-refractivity contribution is 5.97. The zero-order valence-corrected chi connectivity index (χ0v) is 17.0. The molecule has 2 heterocycles. The molecule has 1 aliphatic rings. The van der Waals surface area contributed by atoms with Crippen LogP contribution in [0.1, 0.15) is 72.4 Å². The summed E-state index contributed by atoms with van der Waals surface area (Å²) in [5.74, 6) is -0.0636. The van der Waals surface area contributed by atoms with Crippen LogP contribution >= 0.6 is 0 Å². The summed E-state index contributed by atoms with van der Waals surface area (Å²) in [6.45, 7) is 7.13. The van der Waals surface area contributed by atoms with Crippen LogP contribution < -0.4 is 10.6 Å². The van der Waals surface area contributed by atoms with Crippen LogP contribution in [0.3, 0.4) is 0 Å². The van der Waals surface area contributed by atoms with Crippen molar-refractivity contribution in [1.29, 1.82) is 0 Å². The van der Waals surface area contributed by atoms with Crippen molar-refractivity contribution in [3.05, 3.63) is 53.1 Å². The molecule has 0 saturated carbocycles. The summed E-state index contributed by atoms with van der Waals surface area (Å²) in [5, 5.41) is 5.93. The Morgan fingerprint density at radius 2 is 1.86 bits per heavy atom. The van der Waals surface area contributed by atoms with Crippen LogP contribution in [-0.4, -0.2) is 33.4 Å². The monoisotopic (exact) mass is 382 g/mol. The molecule has 150 valence electrons. The van der Waals surface area contributed by atoms with E-state index in [9.17, 15) is 9.59 Å². The van der Waals surface area contributed by atoms with E-state index in [1.54, 1.807) is 0 Å². The molecule has 0 fully saturated rings. The van der Waals surface area contributed by atoms with Gasteiger partial charge < -0.3 is 15.2 Å². The minimum Gasteiger partial charge on any atom is -0.351 e. The van der Waals surface area contributed by atoms with Crippen molar-refractivity contribution in [3.8, 4) is 0 Å². The zero-order valence-electron chi connectivity index (χ0n) is 17.0. The molecule has 0 saturated heterocycles. The van der Waals surface area contributed by atoms with Crippen LogP contribution in [0.5, 0.6) is 0 Å². The van der Waals surface area contributed by atoms with Gasteiger partial charge in [-0.2, -0.15) is 0 Å². The Morgan fingerprint density at radius 3 is 2.57 bits per heavy atom. The molecule has 0 spiro atoms. The molecule has 1 aromatic heterocycles. The first-order chi connectivity index (χ1) is 13.3. The lowest BCUT2D eigenvalue weighted by molar-refractivity contribution is 0.0903. The van der Waals surface area contributed by atoms with Gasteiger partial charge in [0.05, 0.1) is 5.69 Å². The first kappa shape index (κ1) is 20.1. The van der Waals surface area contributed by atoms with Crippen molar-refractivity contribution >= 4 is 11.8 Å². The van der Waals surface area contributed by atoms with Gasteiger partial charge in [-0.3, -0.25) is 9.59 Å². The van der Waals surface area contributed by atoms with E-state index in [1.165, 1.54) is 5.56 Å². The number of aromatic nitrogens is 2. The second-order valence-corrected chi connectivity index (χ2v) is 8.39. The largest absolute Gasteiger partial charge is 0.351 e. The number of carbonyl (C=O) groups excluding carboxylic acids is 2. The summed E-state index contributed by atoms with van der Waals surface area (Å²) in [5.41, 5.74) is 2.19. The van der Waals surface area contributed by atoms with E-state index in [-0.39, 0.29) is 17.4 Å². The maximum absolute atomic E-state index is 12.7. The third-order valence-electron chi connectivity index (χ3n) is 4.80. The van der Waals surface area contributed by atoms with Gasteiger partial charge in [0.25, 0.3) is 11.8 Å². The number of nitrogens with one attached hydrogen (secondary N) is 2. The lowest BCUT2D eigenvalue weighted by Crippen LogP contribution is -2.42. The Kier molecular flexibility index (Phi) is 6.17. The standard InChI is InChI=1S/C22H30N4O2/c1-22(2,3)25-21(28)19-24-18(17-13-7-8-15-26(17)19)20(27)23-14-9-12-16-10-5-4-6-11-16/h4-6,10-11H,7-9,12-15H2,1-3H3,(H,23,27)(H,25,28). The molecule has 0 unspecified atom stereocenters. The molecule has 28 heavy (non-hydrogen) atoms. The molecule has 6 heteroatoms. The number of fused-ring (bicyclic) bond motifs is 1. The van der Waals surface area contributed by atoms with Gasteiger partial charge in [0.15, 0.2) is 5.82 Å². The number of carbonyl (C=O) groups is 2. The maximum atomic E-state index is 12.7. The molecule has 0 bridgehead atoms. The summed E-state index contributed by atoms with van der Waals surface area (Å²) in [7, 11) is 0. The average Bonchev–Trinajstić information content (AvgIpc) is 3.05. The number of hydrogen-bond acceptors (Lipinski definition) is 3. The number of benzene rings is 1. The second-order valence-electron chi connectivity index (χ2n) is 8.39. The molecule has 6 nitrogen and oxygen atoms in total. The van der Waals surface area contributed by atoms with Crippen molar-refractivity contribution in [3.63, 3.8) is 0 Å². The third kappa shape index (κ3) is 5.00. The molecule has 2 amide bonds. The lowest BCUT2D eigenvalue weighted by atomic mass is 10.1. The quantitative estimate of drug-likeness (QED) is 0.754. The average molecular weight is 383 g/mol. The Labute approximate surface area is 166 Å². The van der Waals surface area contributed by atoms with Crippen LogP contribution in [0.2, 0.25) is 0 Å². The summed E-state index contributed by atoms with van der Waals surface area (Å²) in [6, 6.07) is 10.2. The van der Waals surface area contributed by atoms with E-state index in [0.717, 1.165) is 44.3 Å². The van der Waals surface area contributed by atoms with Gasteiger partial charge >= 0.3 is 0 Å². The number of hydrogen-bond donors (Lipinski definition) is 2. The first-order valence-corrected chi connectivity index (χ1v) is 10.1. The number of rotatable bonds is 6. The van der Waals surface area contributed by atoms with Crippen LogP contribution in [0, 0.1) is 0 Å². The Balaban J connectivity index is 1.67. The highest BCUT2D eigenvalue weighted by Crippen LogP contribution is 2.21. The summed E-state index contributed by atoms with van der Waals surface area (Å²) < 4.78 is 1.92.